The van der Waals surface area contributed by atoms with Gasteiger partial charge in [0, 0.05) is 24.6 Å². The highest BCUT2D eigenvalue weighted by molar-refractivity contribution is 7.92. The van der Waals surface area contributed by atoms with Crippen LogP contribution >= 0.6 is 23.2 Å². The van der Waals surface area contributed by atoms with Crippen LogP contribution in [0.15, 0.2) is 72.8 Å². The highest BCUT2D eigenvalue weighted by Crippen LogP contribution is 2.34. The van der Waals surface area contributed by atoms with E-state index in [0.29, 0.717) is 0 Å². The number of sulfonamides is 1. The van der Waals surface area contributed by atoms with Gasteiger partial charge in [0.15, 0.2) is 0 Å². The second kappa shape index (κ2) is 13.3. The number of anilines is 1. The molecule has 0 aromatic heterocycles. The van der Waals surface area contributed by atoms with Crippen molar-refractivity contribution in [3.8, 4) is 0 Å². The van der Waals surface area contributed by atoms with Crippen molar-refractivity contribution in [1.29, 1.82) is 0 Å². The van der Waals surface area contributed by atoms with Crippen LogP contribution in [0.3, 0.4) is 0 Å². The Bertz CT molecular complexity index is 1420. The Labute approximate surface area is 238 Å². The van der Waals surface area contributed by atoms with Gasteiger partial charge in [-0.05, 0) is 37.6 Å². The van der Waals surface area contributed by atoms with Crippen molar-refractivity contribution in [3.63, 3.8) is 0 Å². The number of hydrogen-bond donors (Lipinski definition) is 1. The van der Waals surface area contributed by atoms with Gasteiger partial charge >= 0.3 is 0 Å². The van der Waals surface area contributed by atoms with Gasteiger partial charge in [0.25, 0.3) is 0 Å². The first-order valence-electron chi connectivity index (χ1n) is 12.2. The predicted molar refractivity (Wildman–Crippen MR) is 153 cm³/mol. The minimum atomic E-state index is -4.02. The molecule has 11 heteroatoms. The van der Waals surface area contributed by atoms with Gasteiger partial charge in [0.2, 0.25) is 21.8 Å². The molecular weight excluding hydrogens is 564 g/mol. The third-order valence-electron chi connectivity index (χ3n) is 5.88. The fraction of sp³-hybridized carbons (Fsp3) is 0.286. The van der Waals surface area contributed by atoms with Crippen molar-refractivity contribution in [2.24, 2.45) is 0 Å². The van der Waals surface area contributed by atoms with Crippen LogP contribution in [0, 0.1) is 5.82 Å². The van der Waals surface area contributed by atoms with E-state index in [0.717, 1.165) is 16.1 Å². The Balaban J connectivity index is 2.09. The van der Waals surface area contributed by atoms with E-state index in [2.05, 4.69) is 5.32 Å². The lowest BCUT2D eigenvalue weighted by Crippen LogP contribution is -2.54. The number of benzene rings is 3. The Morgan fingerprint density at radius 1 is 0.949 bits per heavy atom. The average Bonchev–Trinajstić information content (AvgIpc) is 2.87. The van der Waals surface area contributed by atoms with Crippen LogP contribution in [-0.2, 0) is 32.6 Å². The zero-order chi connectivity index (χ0) is 28.7. The van der Waals surface area contributed by atoms with Crippen molar-refractivity contribution in [2.45, 2.75) is 38.9 Å². The summed E-state index contributed by atoms with van der Waals surface area (Å²) in [5.74, 6) is -1.74. The molecule has 1 N–H and O–H groups in total. The lowest BCUT2D eigenvalue weighted by molar-refractivity contribution is -0.140. The number of amides is 2. The van der Waals surface area contributed by atoms with Crippen LogP contribution in [0.2, 0.25) is 10.0 Å². The monoisotopic (exact) mass is 593 g/mol. The number of carbonyl (C=O) groups is 2. The zero-order valence-electron chi connectivity index (χ0n) is 21.8. The Kier molecular flexibility index (Phi) is 10.4. The number of halogens is 3. The first-order chi connectivity index (χ1) is 18.4. The molecule has 0 radical (unpaired) electrons. The molecule has 3 aromatic carbocycles. The summed E-state index contributed by atoms with van der Waals surface area (Å²) in [4.78, 5) is 28.6. The highest BCUT2D eigenvalue weighted by atomic mass is 35.5. The maximum absolute atomic E-state index is 14.8. The number of carbonyl (C=O) groups excluding carboxylic acids is 2. The van der Waals surface area contributed by atoms with Gasteiger partial charge in [-0.15, -0.1) is 0 Å². The van der Waals surface area contributed by atoms with Gasteiger partial charge in [-0.1, -0.05) is 77.8 Å². The van der Waals surface area contributed by atoms with E-state index in [4.69, 9.17) is 23.2 Å². The third kappa shape index (κ3) is 8.17. The molecule has 0 aliphatic rings. The topological polar surface area (TPSA) is 86.8 Å². The van der Waals surface area contributed by atoms with Gasteiger partial charge in [-0.3, -0.25) is 13.9 Å². The number of hydrogen-bond acceptors (Lipinski definition) is 4. The molecular formula is C28H30Cl2FN3O4S. The van der Waals surface area contributed by atoms with Gasteiger partial charge < -0.3 is 10.2 Å². The van der Waals surface area contributed by atoms with Crippen LogP contribution < -0.4 is 9.62 Å². The summed E-state index contributed by atoms with van der Waals surface area (Å²) in [7, 11) is -4.02. The smallest absolute Gasteiger partial charge is 0.244 e. The molecule has 39 heavy (non-hydrogen) atoms. The molecule has 0 spiro atoms. The minimum absolute atomic E-state index is 0.0112. The molecule has 0 fully saturated rings. The Hall–Kier alpha value is -3.14. The van der Waals surface area contributed by atoms with E-state index in [1.807, 2.05) is 30.3 Å². The van der Waals surface area contributed by atoms with Gasteiger partial charge in [0.05, 0.1) is 22.0 Å². The average molecular weight is 595 g/mol. The molecule has 7 nitrogen and oxygen atoms in total. The van der Waals surface area contributed by atoms with Gasteiger partial charge in [-0.25, -0.2) is 12.8 Å². The quantitative estimate of drug-likeness (QED) is 0.336. The van der Waals surface area contributed by atoms with Crippen molar-refractivity contribution in [2.75, 3.05) is 17.1 Å². The predicted octanol–water partition coefficient (Wildman–Crippen LogP) is 5.06. The zero-order valence-corrected chi connectivity index (χ0v) is 24.1. The molecule has 0 aliphatic carbocycles. The summed E-state index contributed by atoms with van der Waals surface area (Å²) in [6.45, 7) is 2.61. The first-order valence-corrected chi connectivity index (χ1v) is 14.8. The lowest BCUT2D eigenvalue weighted by Gasteiger charge is -2.34. The third-order valence-corrected chi connectivity index (χ3v) is 7.82. The Morgan fingerprint density at radius 2 is 1.59 bits per heavy atom. The molecule has 0 bridgehead atoms. The standard InChI is InChI=1S/C28H30Cl2FN3O4S/c1-19(2)32-28(36)25(16-20-10-5-4-6-11-20)33(17-21-12-7-8-14-23(21)31)26(35)18-34(39(3,37)38)24-15-9-13-22(29)27(24)30/h4-15,19,25H,16-18H2,1-3H3,(H,32,36)/t25-/m0/s1. The number of nitrogens with one attached hydrogen (secondary N) is 1. The summed E-state index contributed by atoms with van der Waals surface area (Å²) in [6, 6.07) is 18.1. The van der Waals surface area contributed by atoms with Gasteiger partial charge in [0.1, 0.15) is 18.4 Å². The van der Waals surface area contributed by atoms with Crippen LogP contribution in [-0.4, -0.2) is 50.0 Å². The van der Waals surface area contributed by atoms with Gasteiger partial charge in [-0.2, -0.15) is 0 Å². The molecule has 1 atom stereocenters. The highest BCUT2D eigenvalue weighted by Gasteiger charge is 2.34. The summed E-state index contributed by atoms with van der Waals surface area (Å²) in [5, 5.41) is 2.90. The summed E-state index contributed by atoms with van der Waals surface area (Å²) >= 11 is 12.4. The Morgan fingerprint density at radius 3 is 2.21 bits per heavy atom. The summed E-state index contributed by atoms with van der Waals surface area (Å²) in [6.07, 6.45) is 1.06. The molecule has 208 valence electrons. The van der Waals surface area contributed by atoms with Crippen molar-refractivity contribution >= 4 is 50.7 Å². The molecule has 0 saturated carbocycles. The van der Waals surface area contributed by atoms with E-state index in [9.17, 15) is 22.4 Å². The SMILES string of the molecule is CC(C)NC(=O)[C@H](Cc1ccccc1)N(Cc1ccccc1F)C(=O)CN(c1cccc(Cl)c1Cl)S(C)(=O)=O. The van der Waals surface area contributed by atoms with Crippen molar-refractivity contribution < 1.29 is 22.4 Å². The fourth-order valence-corrected chi connectivity index (χ4v) is 5.33. The number of rotatable bonds is 11. The van der Waals surface area contributed by atoms with E-state index in [-0.39, 0.29) is 40.3 Å². The molecule has 0 aliphatic heterocycles. The maximum Gasteiger partial charge on any atom is 0.244 e. The molecule has 0 saturated heterocycles. The van der Waals surface area contributed by atoms with Crippen molar-refractivity contribution in [3.05, 3.63) is 99.8 Å². The fourth-order valence-electron chi connectivity index (χ4n) is 4.02. The summed E-state index contributed by atoms with van der Waals surface area (Å²) < 4.78 is 41.2. The minimum Gasteiger partial charge on any atom is -0.352 e. The molecule has 2 amide bonds. The first kappa shape index (κ1) is 30.4. The normalized spacial score (nSPS) is 12.2. The summed E-state index contributed by atoms with van der Waals surface area (Å²) in [5.41, 5.74) is 0.954. The van der Waals surface area contributed by atoms with Crippen molar-refractivity contribution in [1.82, 2.24) is 10.2 Å². The molecule has 0 unspecified atom stereocenters. The number of nitrogens with zero attached hydrogens (tertiary/aromatic N) is 2. The second-order valence-electron chi connectivity index (χ2n) is 9.32. The van der Waals surface area contributed by atoms with E-state index in [1.54, 1.807) is 19.9 Å². The van der Waals surface area contributed by atoms with E-state index >= 15 is 0 Å². The molecule has 0 heterocycles. The van der Waals surface area contributed by atoms with Crippen LogP contribution in [0.25, 0.3) is 0 Å². The van der Waals surface area contributed by atoms with Crippen LogP contribution in [0.5, 0.6) is 0 Å². The van der Waals surface area contributed by atoms with Crippen LogP contribution in [0.4, 0.5) is 10.1 Å². The molecule has 3 rings (SSSR count). The van der Waals surface area contributed by atoms with E-state index in [1.165, 1.54) is 41.3 Å². The van der Waals surface area contributed by atoms with Crippen LogP contribution in [0.1, 0.15) is 25.0 Å². The molecule has 3 aromatic rings. The largest absolute Gasteiger partial charge is 0.352 e. The lowest BCUT2D eigenvalue weighted by atomic mass is 10.0. The maximum atomic E-state index is 14.8. The van der Waals surface area contributed by atoms with E-state index < -0.39 is 40.2 Å². The second-order valence-corrected chi connectivity index (χ2v) is 12.0.